The Balaban J connectivity index is 1.73. The van der Waals surface area contributed by atoms with Crippen molar-refractivity contribution in [3.8, 4) is 5.75 Å². The zero-order valence-corrected chi connectivity index (χ0v) is 16.9. The van der Waals surface area contributed by atoms with E-state index in [0.717, 1.165) is 37.0 Å². The fourth-order valence-corrected chi connectivity index (χ4v) is 3.07. The number of nitrogens with zero attached hydrogens (tertiary/aromatic N) is 3. The molecular weight excluding hydrogens is 378 g/mol. The first kappa shape index (κ1) is 21.5. The van der Waals surface area contributed by atoms with Gasteiger partial charge in [-0.05, 0) is 36.2 Å². The Kier molecular flexibility index (Phi) is 9.06. The zero-order valence-electron chi connectivity index (χ0n) is 16.1. The molecule has 0 fully saturated rings. The van der Waals surface area contributed by atoms with Crippen LogP contribution in [0.15, 0.2) is 29.4 Å². The van der Waals surface area contributed by atoms with Crippen LogP contribution >= 0.6 is 11.3 Å². The Morgan fingerprint density at radius 1 is 1.14 bits per heavy atom. The van der Waals surface area contributed by atoms with E-state index < -0.39 is 0 Å². The summed E-state index contributed by atoms with van der Waals surface area (Å²) in [5.41, 5.74) is 3.28. The van der Waals surface area contributed by atoms with E-state index in [1.807, 2.05) is 24.3 Å². The van der Waals surface area contributed by atoms with Crippen LogP contribution in [0.3, 0.4) is 0 Å². The number of carbonyl (C=O) groups excluding carboxylic acids is 2. The maximum absolute atomic E-state index is 11.9. The summed E-state index contributed by atoms with van der Waals surface area (Å²) in [7, 11) is 1.60. The number of amides is 2. The van der Waals surface area contributed by atoms with E-state index in [9.17, 15) is 9.59 Å². The molecule has 0 aliphatic heterocycles. The molecule has 2 rings (SSSR count). The van der Waals surface area contributed by atoms with Crippen molar-refractivity contribution in [2.24, 2.45) is 5.10 Å². The van der Waals surface area contributed by atoms with E-state index in [4.69, 9.17) is 4.74 Å². The molecule has 0 bridgehead atoms. The number of hydrogen-bond acceptors (Lipinski definition) is 7. The van der Waals surface area contributed by atoms with E-state index in [2.05, 4.69) is 33.0 Å². The Labute approximate surface area is 168 Å². The average molecular weight is 404 g/mol. The van der Waals surface area contributed by atoms with Crippen molar-refractivity contribution in [1.29, 1.82) is 0 Å². The molecule has 0 unspecified atom stereocenters. The van der Waals surface area contributed by atoms with Crippen LogP contribution in [0.2, 0.25) is 0 Å². The minimum absolute atomic E-state index is 0.0456. The van der Waals surface area contributed by atoms with Crippen LogP contribution in [0.25, 0.3) is 0 Å². The van der Waals surface area contributed by atoms with Gasteiger partial charge < -0.3 is 10.1 Å². The quantitative estimate of drug-likeness (QED) is 0.341. The van der Waals surface area contributed by atoms with E-state index in [-0.39, 0.29) is 18.2 Å². The second-order valence-corrected chi connectivity index (χ2v) is 7.16. The molecule has 0 radical (unpaired) electrons. The smallest absolute Gasteiger partial charge is 0.247 e. The lowest BCUT2D eigenvalue weighted by atomic mass is 10.1. The van der Waals surface area contributed by atoms with Crippen LogP contribution in [-0.4, -0.2) is 35.3 Å². The van der Waals surface area contributed by atoms with Gasteiger partial charge in [0.25, 0.3) is 0 Å². The molecule has 0 atom stereocenters. The van der Waals surface area contributed by atoms with Crippen molar-refractivity contribution in [2.75, 3.05) is 12.4 Å². The number of rotatable bonds is 11. The second-order valence-electron chi connectivity index (χ2n) is 6.10. The number of hydrazone groups is 1. The van der Waals surface area contributed by atoms with E-state index in [0.29, 0.717) is 16.6 Å². The Bertz CT molecular complexity index is 789. The van der Waals surface area contributed by atoms with Crippen LogP contribution in [0.1, 0.15) is 49.6 Å². The summed E-state index contributed by atoms with van der Waals surface area (Å²) < 4.78 is 5.08. The summed E-state index contributed by atoms with van der Waals surface area (Å²) in [6.45, 7) is 2.13. The maximum Gasteiger partial charge on any atom is 0.247 e. The lowest BCUT2D eigenvalue weighted by Gasteiger charge is -2.00. The van der Waals surface area contributed by atoms with Gasteiger partial charge >= 0.3 is 0 Å². The minimum Gasteiger partial charge on any atom is -0.497 e. The number of carbonyl (C=O) groups is 2. The Morgan fingerprint density at radius 2 is 1.93 bits per heavy atom. The highest BCUT2D eigenvalue weighted by Crippen LogP contribution is 2.16. The van der Waals surface area contributed by atoms with E-state index in [1.54, 1.807) is 13.3 Å². The third-order valence-corrected chi connectivity index (χ3v) is 4.64. The molecular formula is C19H25N5O3S. The lowest BCUT2D eigenvalue weighted by Crippen LogP contribution is -2.19. The topological polar surface area (TPSA) is 106 Å². The molecule has 0 spiro atoms. The molecule has 1 aromatic heterocycles. The van der Waals surface area contributed by atoms with Gasteiger partial charge in [-0.15, -0.1) is 10.2 Å². The van der Waals surface area contributed by atoms with Gasteiger partial charge in [0, 0.05) is 6.42 Å². The maximum atomic E-state index is 11.9. The van der Waals surface area contributed by atoms with Crippen LogP contribution < -0.4 is 15.5 Å². The number of ether oxygens (including phenoxy) is 1. The Hall–Kier alpha value is -2.81. The Morgan fingerprint density at radius 3 is 2.64 bits per heavy atom. The summed E-state index contributed by atoms with van der Waals surface area (Å²) in [4.78, 5) is 23.8. The molecule has 0 saturated carbocycles. The molecule has 1 aromatic carbocycles. The lowest BCUT2D eigenvalue weighted by molar-refractivity contribution is -0.120. The van der Waals surface area contributed by atoms with Crippen LogP contribution in [0.4, 0.5) is 5.13 Å². The number of aromatic nitrogens is 2. The standard InChI is InChI=1S/C19H25N5O3S/c1-3-4-5-6-7-16(25)21-19-24-23-18(28-19)12-17(26)22-20-13-14-8-10-15(27-2)11-9-14/h8-11,13H,3-7,12H2,1-2H3,(H,22,26)(H,21,24,25)/b20-13-. The number of methoxy groups -OCH3 is 1. The molecule has 0 aliphatic carbocycles. The highest BCUT2D eigenvalue weighted by Gasteiger charge is 2.11. The first-order chi connectivity index (χ1) is 13.6. The van der Waals surface area contributed by atoms with E-state index >= 15 is 0 Å². The predicted octanol–water partition coefficient (Wildman–Crippen LogP) is 3.15. The molecule has 0 saturated heterocycles. The molecule has 1 heterocycles. The highest BCUT2D eigenvalue weighted by atomic mass is 32.1. The zero-order chi connectivity index (χ0) is 20.2. The van der Waals surface area contributed by atoms with Gasteiger partial charge in [-0.3, -0.25) is 9.59 Å². The van der Waals surface area contributed by atoms with Gasteiger partial charge in [0.1, 0.15) is 10.8 Å². The second kappa shape index (κ2) is 11.8. The largest absolute Gasteiger partial charge is 0.497 e. The minimum atomic E-state index is -0.307. The number of benzene rings is 1. The molecule has 0 aliphatic rings. The molecule has 2 aromatic rings. The summed E-state index contributed by atoms with van der Waals surface area (Å²) in [6.07, 6.45) is 6.23. The van der Waals surface area contributed by atoms with Gasteiger partial charge in [-0.2, -0.15) is 5.10 Å². The summed E-state index contributed by atoms with van der Waals surface area (Å²) in [6, 6.07) is 7.28. The molecule has 150 valence electrons. The monoisotopic (exact) mass is 403 g/mol. The fourth-order valence-electron chi connectivity index (χ4n) is 2.32. The number of anilines is 1. The molecule has 8 nitrogen and oxygen atoms in total. The molecule has 2 amide bonds. The highest BCUT2D eigenvalue weighted by molar-refractivity contribution is 7.15. The fraction of sp³-hybridized carbons (Fsp3) is 0.421. The SMILES string of the molecule is CCCCCCC(=O)Nc1nnc(CC(=O)N/N=C\c2ccc(OC)cc2)s1. The van der Waals surface area contributed by atoms with Crippen molar-refractivity contribution in [3.05, 3.63) is 34.8 Å². The molecule has 9 heteroatoms. The number of nitrogens with one attached hydrogen (secondary N) is 2. The third-order valence-electron chi connectivity index (χ3n) is 3.80. The normalized spacial score (nSPS) is 10.8. The predicted molar refractivity (Wildman–Crippen MR) is 110 cm³/mol. The summed E-state index contributed by atoms with van der Waals surface area (Å²) in [5, 5.41) is 15.4. The number of hydrogen-bond donors (Lipinski definition) is 2. The van der Waals surface area contributed by atoms with Crippen molar-refractivity contribution >= 4 is 34.5 Å². The van der Waals surface area contributed by atoms with Crippen molar-refractivity contribution in [1.82, 2.24) is 15.6 Å². The first-order valence-corrected chi connectivity index (χ1v) is 10.0. The van der Waals surface area contributed by atoms with Gasteiger partial charge in [0.2, 0.25) is 16.9 Å². The molecule has 2 N–H and O–H groups in total. The van der Waals surface area contributed by atoms with Crippen molar-refractivity contribution < 1.29 is 14.3 Å². The van der Waals surface area contributed by atoms with Crippen molar-refractivity contribution in [3.63, 3.8) is 0 Å². The van der Waals surface area contributed by atoms with Gasteiger partial charge in [0.15, 0.2) is 0 Å². The number of unbranched alkanes of at least 4 members (excludes halogenated alkanes) is 3. The molecule has 28 heavy (non-hydrogen) atoms. The summed E-state index contributed by atoms with van der Waals surface area (Å²) >= 11 is 1.19. The average Bonchev–Trinajstić information content (AvgIpc) is 3.12. The first-order valence-electron chi connectivity index (χ1n) is 9.19. The van der Waals surface area contributed by atoms with Gasteiger partial charge in [0.05, 0.1) is 19.7 Å². The van der Waals surface area contributed by atoms with Crippen molar-refractivity contribution in [2.45, 2.75) is 45.4 Å². The van der Waals surface area contributed by atoms with Crippen LogP contribution in [-0.2, 0) is 16.0 Å². The third kappa shape index (κ3) is 7.83. The van der Waals surface area contributed by atoms with Crippen LogP contribution in [0, 0.1) is 0 Å². The van der Waals surface area contributed by atoms with E-state index in [1.165, 1.54) is 11.3 Å². The summed E-state index contributed by atoms with van der Waals surface area (Å²) in [5.74, 6) is 0.368. The van der Waals surface area contributed by atoms with Crippen LogP contribution in [0.5, 0.6) is 5.75 Å². The van der Waals surface area contributed by atoms with Gasteiger partial charge in [-0.1, -0.05) is 37.5 Å². The van der Waals surface area contributed by atoms with Gasteiger partial charge in [-0.25, -0.2) is 5.43 Å².